The van der Waals surface area contributed by atoms with Gasteiger partial charge in [-0.15, -0.1) is 12.3 Å². The van der Waals surface area contributed by atoms with Crippen LogP contribution in [0.25, 0.3) is 0 Å². The Hall–Kier alpha value is -1.60. The first-order valence-electron chi connectivity index (χ1n) is 3.30. The highest BCUT2D eigenvalue weighted by Gasteiger charge is 2.24. The molecule has 12 heavy (non-hydrogen) atoms. The Bertz CT molecular complexity index is 406. The number of rotatable bonds is 2. The van der Waals surface area contributed by atoms with Gasteiger partial charge in [-0.1, -0.05) is 0 Å². The van der Waals surface area contributed by atoms with Crippen molar-refractivity contribution in [3.63, 3.8) is 0 Å². The zero-order valence-corrected chi connectivity index (χ0v) is 6.20. The van der Waals surface area contributed by atoms with Crippen LogP contribution in [0.15, 0.2) is 9.59 Å². The van der Waals surface area contributed by atoms with E-state index < -0.39 is 22.6 Å². The molecule has 4 nitrogen and oxygen atoms in total. The van der Waals surface area contributed by atoms with Crippen molar-refractivity contribution in [2.45, 2.75) is 12.5 Å². The molecule has 0 heterocycles. The molecule has 0 bridgehead atoms. The van der Waals surface area contributed by atoms with Gasteiger partial charge in [-0.25, -0.2) is 0 Å². The van der Waals surface area contributed by atoms with Crippen molar-refractivity contribution in [2.24, 2.45) is 5.73 Å². The smallest absolute Gasteiger partial charge is 0.268 e. The molecule has 4 heteroatoms. The highest BCUT2D eigenvalue weighted by molar-refractivity contribution is 5.40. The van der Waals surface area contributed by atoms with E-state index in [-0.39, 0.29) is 12.0 Å². The Kier molecular flexibility index (Phi) is 1.98. The largest absolute Gasteiger partial charge is 0.504 e. The van der Waals surface area contributed by atoms with E-state index in [9.17, 15) is 9.59 Å². The lowest BCUT2D eigenvalue weighted by molar-refractivity contribution is 0.446. The van der Waals surface area contributed by atoms with Crippen LogP contribution in [-0.2, 0) is 0 Å². The Morgan fingerprint density at radius 1 is 1.50 bits per heavy atom. The maximum Gasteiger partial charge on any atom is 0.268 e. The lowest BCUT2D eigenvalue weighted by Gasteiger charge is -2.10. The molecule has 0 spiro atoms. The molecule has 0 saturated carbocycles. The van der Waals surface area contributed by atoms with Crippen LogP contribution in [0.1, 0.15) is 18.0 Å². The van der Waals surface area contributed by atoms with E-state index in [0.717, 1.165) is 0 Å². The van der Waals surface area contributed by atoms with Gasteiger partial charge in [0.05, 0.1) is 5.56 Å². The molecule has 0 saturated heterocycles. The van der Waals surface area contributed by atoms with Crippen molar-refractivity contribution in [2.75, 3.05) is 0 Å². The zero-order chi connectivity index (χ0) is 9.30. The van der Waals surface area contributed by atoms with Crippen LogP contribution < -0.4 is 16.6 Å². The SMILES string of the molecule is C#CC[C@@H](N)c1c(O)c(=O)c1=O. The Balaban J connectivity index is 3.01. The molecule has 3 N–H and O–H groups in total. The first-order chi connectivity index (χ1) is 5.59. The molecule has 1 atom stereocenters. The van der Waals surface area contributed by atoms with Gasteiger partial charge in [0.25, 0.3) is 5.43 Å². The molecule has 0 unspecified atom stereocenters. The van der Waals surface area contributed by atoms with Gasteiger partial charge in [-0.05, 0) is 0 Å². The van der Waals surface area contributed by atoms with Crippen molar-refractivity contribution >= 4 is 0 Å². The topological polar surface area (TPSA) is 80.4 Å². The van der Waals surface area contributed by atoms with Crippen molar-refractivity contribution in [1.82, 2.24) is 0 Å². The number of aromatic hydroxyl groups is 1. The van der Waals surface area contributed by atoms with Crippen LogP contribution in [0.4, 0.5) is 0 Å². The molecule has 1 aromatic carbocycles. The molecule has 0 aliphatic carbocycles. The second-order valence-electron chi connectivity index (χ2n) is 2.44. The third-order valence-corrected chi connectivity index (χ3v) is 1.63. The van der Waals surface area contributed by atoms with E-state index in [2.05, 4.69) is 5.92 Å². The number of hydrogen-bond acceptors (Lipinski definition) is 4. The predicted molar refractivity (Wildman–Crippen MR) is 43.4 cm³/mol. The number of terminal acetylenes is 1. The Labute approximate surface area is 68.3 Å². The minimum atomic E-state index is -0.877. The number of nitrogens with two attached hydrogens (primary N) is 1. The van der Waals surface area contributed by atoms with Crippen LogP contribution in [0.2, 0.25) is 0 Å². The highest BCUT2D eigenvalue weighted by Crippen LogP contribution is 2.18. The first-order valence-corrected chi connectivity index (χ1v) is 3.30. The summed E-state index contributed by atoms with van der Waals surface area (Å²) in [5.74, 6) is 1.70. The molecule has 0 amide bonds. The fourth-order valence-electron chi connectivity index (χ4n) is 0.970. The van der Waals surface area contributed by atoms with Crippen LogP contribution in [-0.4, -0.2) is 5.11 Å². The molecule has 0 radical (unpaired) electrons. The monoisotopic (exact) mass is 165 g/mol. The minimum absolute atomic E-state index is 0.0436. The van der Waals surface area contributed by atoms with E-state index in [4.69, 9.17) is 17.3 Å². The summed E-state index contributed by atoms with van der Waals surface area (Å²) in [5, 5.41) is 8.90. The summed E-state index contributed by atoms with van der Waals surface area (Å²) in [6.07, 6.45) is 5.08. The molecular formula is C8H7NO3. The summed E-state index contributed by atoms with van der Waals surface area (Å²) in [6, 6.07) is -0.722. The molecule has 0 aliphatic heterocycles. The van der Waals surface area contributed by atoms with Gasteiger partial charge in [-0.2, -0.15) is 0 Å². The summed E-state index contributed by atoms with van der Waals surface area (Å²) in [4.78, 5) is 21.3. The van der Waals surface area contributed by atoms with Gasteiger partial charge in [0, 0.05) is 12.5 Å². The summed E-state index contributed by atoms with van der Waals surface area (Å²) in [5.41, 5.74) is 3.75. The standard InChI is InChI=1S/C8H7NO3/c1-2-3-4(9)5-6(10)8(12)7(5)11/h1,4,10H,3,9H2/t4-/m1/s1. The minimum Gasteiger partial charge on any atom is -0.504 e. The third kappa shape index (κ3) is 1.00. The van der Waals surface area contributed by atoms with Gasteiger partial charge in [-0.3, -0.25) is 9.59 Å². The quantitative estimate of drug-likeness (QED) is 0.435. The average molecular weight is 165 g/mol. The van der Waals surface area contributed by atoms with Gasteiger partial charge in [0.2, 0.25) is 5.43 Å². The predicted octanol–water partition coefficient (Wildman–Crippen LogP) is -0.989. The zero-order valence-electron chi connectivity index (χ0n) is 6.20. The molecule has 0 aliphatic rings. The summed E-state index contributed by atoms with van der Waals surface area (Å²) < 4.78 is 0. The molecule has 1 rings (SSSR count). The molecule has 62 valence electrons. The highest BCUT2D eigenvalue weighted by atomic mass is 16.3. The summed E-state index contributed by atoms with van der Waals surface area (Å²) >= 11 is 0. The first kappa shape index (κ1) is 8.50. The lowest BCUT2D eigenvalue weighted by Crippen LogP contribution is -2.38. The fraction of sp³-hybridized carbons (Fsp3) is 0.250. The van der Waals surface area contributed by atoms with Crippen molar-refractivity contribution in [1.29, 1.82) is 0 Å². The van der Waals surface area contributed by atoms with Crippen LogP contribution in [0.3, 0.4) is 0 Å². The summed E-state index contributed by atoms with van der Waals surface area (Å²) in [6.45, 7) is 0. The van der Waals surface area contributed by atoms with Crippen molar-refractivity contribution in [3.8, 4) is 18.1 Å². The second-order valence-corrected chi connectivity index (χ2v) is 2.44. The molecule has 0 aromatic heterocycles. The second kappa shape index (κ2) is 2.80. The van der Waals surface area contributed by atoms with Gasteiger partial charge >= 0.3 is 0 Å². The average Bonchev–Trinajstić information content (AvgIpc) is 2.05. The van der Waals surface area contributed by atoms with E-state index in [1.165, 1.54) is 0 Å². The molecule has 1 aromatic rings. The maximum absolute atomic E-state index is 10.8. The molecular weight excluding hydrogens is 158 g/mol. The molecule has 0 fully saturated rings. The Morgan fingerprint density at radius 2 is 2.08 bits per heavy atom. The van der Waals surface area contributed by atoms with Crippen LogP contribution >= 0.6 is 0 Å². The fourth-order valence-corrected chi connectivity index (χ4v) is 0.970. The van der Waals surface area contributed by atoms with E-state index in [1.54, 1.807) is 0 Å². The lowest BCUT2D eigenvalue weighted by atomic mass is 9.99. The van der Waals surface area contributed by atoms with Crippen LogP contribution in [0.5, 0.6) is 5.75 Å². The third-order valence-electron chi connectivity index (χ3n) is 1.63. The maximum atomic E-state index is 10.8. The number of hydrogen-bond donors (Lipinski definition) is 2. The van der Waals surface area contributed by atoms with Crippen molar-refractivity contribution < 1.29 is 5.11 Å². The van der Waals surface area contributed by atoms with E-state index in [1.807, 2.05) is 0 Å². The van der Waals surface area contributed by atoms with Crippen LogP contribution in [0, 0.1) is 12.3 Å². The van der Waals surface area contributed by atoms with Gasteiger partial charge in [0.15, 0.2) is 5.75 Å². The normalized spacial score (nSPS) is 12.7. The van der Waals surface area contributed by atoms with Gasteiger partial charge in [0.1, 0.15) is 0 Å². The van der Waals surface area contributed by atoms with Crippen molar-refractivity contribution in [3.05, 3.63) is 26.0 Å². The Morgan fingerprint density at radius 3 is 2.50 bits per heavy atom. The van der Waals surface area contributed by atoms with E-state index in [0.29, 0.717) is 0 Å². The summed E-state index contributed by atoms with van der Waals surface area (Å²) in [7, 11) is 0. The van der Waals surface area contributed by atoms with E-state index >= 15 is 0 Å². The van der Waals surface area contributed by atoms with Gasteiger partial charge < -0.3 is 10.8 Å².